The minimum absolute atomic E-state index is 0.375. The summed E-state index contributed by atoms with van der Waals surface area (Å²) in [5.41, 5.74) is 2.49. The van der Waals surface area contributed by atoms with E-state index in [2.05, 4.69) is 9.88 Å². The topological polar surface area (TPSA) is 34.6 Å². The first-order valence-corrected chi connectivity index (χ1v) is 6.61. The number of aryl methyl sites for hydroxylation is 1. The highest BCUT2D eigenvalue weighted by atomic mass is 35.5. The van der Waals surface area contributed by atoms with Crippen LogP contribution in [-0.4, -0.2) is 43.3 Å². The van der Waals surface area contributed by atoms with Crippen LogP contribution in [0.1, 0.15) is 23.6 Å². The standard InChI is InChI=1S/C13H17ClN2O2/c1-17-9-6-16(7-9)10-4-3-8-5-11(14)15-13(18-2)12(8)10/h5,9-10H,3-4,6-7H2,1-2H3/t10-/m1/s1. The number of aromatic nitrogens is 1. The van der Waals surface area contributed by atoms with Gasteiger partial charge in [-0.1, -0.05) is 11.6 Å². The SMILES string of the molecule is COc1nc(Cl)cc2c1[C@H](N1CC(OC)C1)CC2. The van der Waals surface area contributed by atoms with Crippen molar-refractivity contribution in [2.75, 3.05) is 27.3 Å². The fraction of sp³-hybridized carbons (Fsp3) is 0.615. The molecule has 5 heteroatoms. The van der Waals surface area contributed by atoms with Gasteiger partial charge in [-0.2, -0.15) is 0 Å². The second-order valence-electron chi connectivity index (χ2n) is 4.89. The second kappa shape index (κ2) is 4.68. The fourth-order valence-electron chi connectivity index (χ4n) is 2.94. The molecule has 1 aromatic rings. The summed E-state index contributed by atoms with van der Waals surface area (Å²) in [6.07, 6.45) is 2.54. The molecule has 3 rings (SSSR count). The summed E-state index contributed by atoms with van der Waals surface area (Å²) in [5.74, 6) is 0.681. The molecule has 0 saturated carbocycles. The second-order valence-corrected chi connectivity index (χ2v) is 5.28. The highest BCUT2D eigenvalue weighted by molar-refractivity contribution is 6.29. The van der Waals surface area contributed by atoms with Crippen molar-refractivity contribution in [1.82, 2.24) is 9.88 Å². The zero-order chi connectivity index (χ0) is 12.7. The lowest BCUT2D eigenvalue weighted by Gasteiger charge is -2.42. The summed E-state index contributed by atoms with van der Waals surface area (Å²) in [6, 6.07) is 2.37. The van der Waals surface area contributed by atoms with Gasteiger partial charge >= 0.3 is 0 Å². The van der Waals surface area contributed by atoms with E-state index in [0.29, 0.717) is 23.2 Å². The van der Waals surface area contributed by atoms with Crippen LogP contribution >= 0.6 is 11.6 Å². The van der Waals surface area contributed by atoms with Crippen molar-refractivity contribution >= 4 is 11.6 Å². The Balaban J connectivity index is 1.87. The lowest BCUT2D eigenvalue weighted by molar-refractivity contribution is -0.0514. The molecule has 1 aliphatic heterocycles. The van der Waals surface area contributed by atoms with Crippen molar-refractivity contribution < 1.29 is 9.47 Å². The van der Waals surface area contributed by atoms with Crippen molar-refractivity contribution in [3.05, 3.63) is 22.3 Å². The smallest absolute Gasteiger partial charge is 0.219 e. The first kappa shape index (κ1) is 12.2. The van der Waals surface area contributed by atoms with Gasteiger partial charge in [0, 0.05) is 31.8 Å². The van der Waals surface area contributed by atoms with Crippen LogP contribution in [0, 0.1) is 0 Å². The molecule has 0 unspecified atom stereocenters. The maximum atomic E-state index is 6.00. The Morgan fingerprint density at radius 1 is 1.39 bits per heavy atom. The molecule has 1 atom stereocenters. The Morgan fingerprint density at radius 3 is 2.83 bits per heavy atom. The molecule has 0 bridgehead atoms. The number of pyridine rings is 1. The predicted molar refractivity (Wildman–Crippen MR) is 69.2 cm³/mol. The van der Waals surface area contributed by atoms with Crippen LogP contribution in [-0.2, 0) is 11.2 Å². The molecule has 1 saturated heterocycles. The third kappa shape index (κ3) is 1.88. The van der Waals surface area contributed by atoms with Crippen LogP contribution < -0.4 is 4.74 Å². The molecule has 18 heavy (non-hydrogen) atoms. The monoisotopic (exact) mass is 268 g/mol. The van der Waals surface area contributed by atoms with Crippen LogP contribution in [0.15, 0.2) is 6.07 Å². The van der Waals surface area contributed by atoms with E-state index in [9.17, 15) is 0 Å². The number of fused-ring (bicyclic) bond motifs is 1. The lowest BCUT2D eigenvalue weighted by Crippen LogP contribution is -2.52. The number of likely N-dealkylation sites (tertiary alicyclic amines) is 1. The molecule has 1 fully saturated rings. The minimum Gasteiger partial charge on any atom is -0.481 e. The molecule has 0 radical (unpaired) electrons. The Labute approximate surface area is 112 Å². The number of ether oxygens (including phenoxy) is 2. The molecule has 2 aliphatic rings. The van der Waals surface area contributed by atoms with E-state index in [1.807, 2.05) is 6.07 Å². The molecule has 0 aromatic carbocycles. The third-order valence-electron chi connectivity index (χ3n) is 3.94. The van der Waals surface area contributed by atoms with Gasteiger partial charge in [0.25, 0.3) is 0 Å². The Hall–Kier alpha value is -0.840. The van der Waals surface area contributed by atoms with E-state index < -0.39 is 0 Å². The Bertz CT molecular complexity index is 461. The van der Waals surface area contributed by atoms with Gasteiger partial charge in [0.05, 0.1) is 13.2 Å². The molecule has 2 heterocycles. The van der Waals surface area contributed by atoms with Crippen LogP contribution in [0.4, 0.5) is 0 Å². The van der Waals surface area contributed by atoms with Gasteiger partial charge in [0.15, 0.2) is 0 Å². The fourth-order valence-corrected chi connectivity index (χ4v) is 3.15. The average Bonchev–Trinajstić information content (AvgIpc) is 2.70. The largest absolute Gasteiger partial charge is 0.481 e. The van der Waals surface area contributed by atoms with Crippen molar-refractivity contribution in [1.29, 1.82) is 0 Å². The zero-order valence-electron chi connectivity index (χ0n) is 10.6. The summed E-state index contributed by atoms with van der Waals surface area (Å²) in [4.78, 5) is 6.71. The summed E-state index contributed by atoms with van der Waals surface area (Å²) in [6.45, 7) is 1.98. The normalized spacial score (nSPS) is 23.8. The van der Waals surface area contributed by atoms with Gasteiger partial charge in [-0.25, -0.2) is 4.98 Å². The molecular formula is C13H17ClN2O2. The zero-order valence-corrected chi connectivity index (χ0v) is 11.4. The van der Waals surface area contributed by atoms with Gasteiger partial charge in [-0.05, 0) is 24.5 Å². The van der Waals surface area contributed by atoms with Gasteiger partial charge < -0.3 is 9.47 Å². The highest BCUT2D eigenvalue weighted by Gasteiger charge is 2.38. The number of methoxy groups -OCH3 is 2. The molecule has 1 aromatic heterocycles. The molecule has 98 valence electrons. The van der Waals surface area contributed by atoms with E-state index in [-0.39, 0.29) is 0 Å². The van der Waals surface area contributed by atoms with E-state index in [4.69, 9.17) is 21.1 Å². The van der Waals surface area contributed by atoms with E-state index in [1.165, 1.54) is 11.1 Å². The van der Waals surface area contributed by atoms with Crippen LogP contribution in [0.25, 0.3) is 0 Å². The Morgan fingerprint density at radius 2 is 2.17 bits per heavy atom. The number of rotatable bonds is 3. The number of nitrogens with zero attached hydrogens (tertiary/aromatic N) is 2. The summed E-state index contributed by atoms with van der Waals surface area (Å²) in [5, 5.41) is 0.518. The van der Waals surface area contributed by atoms with Gasteiger partial charge in [0.1, 0.15) is 5.15 Å². The van der Waals surface area contributed by atoms with Gasteiger partial charge in [-0.15, -0.1) is 0 Å². The van der Waals surface area contributed by atoms with Gasteiger partial charge in [0.2, 0.25) is 5.88 Å². The summed E-state index contributed by atoms with van der Waals surface area (Å²) >= 11 is 6.00. The molecule has 1 aliphatic carbocycles. The van der Waals surface area contributed by atoms with Crippen LogP contribution in [0.3, 0.4) is 0 Å². The highest BCUT2D eigenvalue weighted by Crippen LogP contribution is 2.43. The van der Waals surface area contributed by atoms with Crippen molar-refractivity contribution in [3.8, 4) is 5.88 Å². The number of hydrogen-bond acceptors (Lipinski definition) is 4. The summed E-state index contributed by atoms with van der Waals surface area (Å²) in [7, 11) is 3.43. The third-order valence-corrected chi connectivity index (χ3v) is 4.14. The maximum Gasteiger partial charge on any atom is 0.219 e. The van der Waals surface area contributed by atoms with Crippen molar-refractivity contribution in [2.24, 2.45) is 0 Å². The van der Waals surface area contributed by atoms with E-state index in [1.54, 1.807) is 14.2 Å². The Kier molecular flexibility index (Phi) is 3.18. The molecular weight excluding hydrogens is 252 g/mol. The van der Waals surface area contributed by atoms with E-state index in [0.717, 1.165) is 25.9 Å². The molecule has 0 spiro atoms. The quantitative estimate of drug-likeness (QED) is 0.786. The summed E-state index contributed by atoms with van der Waals surface area (Å²) < 4.78 is 10.7. The molecule has 0 N–H and O–H groups in total. The number of halogens is 1. The molecule has 4 nitrogen and oxygen atoms in total. The van der Waals surface area contributed by atoms with Crippen molar-refractivity contribution in [3.63, 3.8) is 0 Å². The maximum absolute atomic E-state index is 6.00. The average molecular weight is 269 g/mol. The van der Waals surface area contributed by atoms with Crippen molar-refractivity contribution in [2.45, 2.75) is 25.0 Å². The molecule has 0 amide bonds. The first-order valence-electron chi connectivity index (χ1n) is 6.23. The van der Waals surface area contributed by atoms with E-state index >= 15 is 0 Å². The van der Waals surface area contributed by atoms with Crippen LogP contribution in [0.2, 0.25) is 5.15 Å². The first-order chi connectivity index (χ1) is 8.72. The van der Waals surface area contributed by atoms with Gasteiger partial charge in [-0.3, -0.25) is 4.90 Å². The predicted octanol–water partition coefficient (Wildman–Crippen LogP) is 2.06. The van der Waals surface area contributed by atoms with Crippen LogP contribution in [0.5, 0.6) is 5.88 Å². The number of hydrogen-bond donors (Lipinski definition) is 0. The lowest BCUT2D eigenvalue weighted by atomic mass is 10.0. The minimum atomic E-state index is 0.375.